The molecule has 0 heterocycles. The lowest BCUT2D eigenvalue weighted by Gasteiger charge is -2.15. The van der Waals surface area contributed by atoms with Crippen LogP contribution in [-0.2, 0) is 9.59 Å². The Hall–Kier alpha value is -1.84. The van der Waals surface area contributed by atoms with E-state index in [1.54, 1.807) is 24.3 Å². The van der Waals surface area contributed by atoms with E-state index in [9.17, 15) is 9.59 Å². The van der Waals surface area contributed by atoms with Gasteiger partial charge in [0.15, 0.2) is 0 Å². The Kier molecular flexibility index (Phi) is 6.77. The molecule has 0 bridgehead atoms. The van der Waals surface area contributed by atoms with Crippen molar-refractivity contribution in [2.24, 2.45) is 5.92 Å². The second-order valence-electron chi connectivity index (χ2n) is 5.02. The fraction of sp³-hybridized carbons (Fsp3) is 0.500. The number of benzene rings is 1. The van der Waals surface area contributed by atoms with Crippen molar-refractivity contribution in [1.82, 2.24) is 0 Å². The number of hydrogen-bond donors (Lipinski definition) is 2. The van der Waals surface area contributed by atoms with Gasteiger partial charge >= 0.3 is 0 Å². The Balaban J connectivity index is 2.62. The summed E-state index contributed by atoms with van der Waals surface area (Å²) in [4.78, 5) is 23.1. The summed E-state index contributed by atoms with van der Waals surface area (Å²) in [6.45, 7) is 5.66. The number of amides is 2. The van der Waals surface area contributed by atoms with E-state index in [4.69, 9.17) is 0 Å². The molecule has 1 aromatic carbocycles. The first-order chi connectivity index (χ1) is 9.56. The van der Waals surface area contributed by atoms with Crippen molar-refractivity contribution in [3.63, 3.8) is 0 Å². The molecule has 0 saturated heterocycles. The normalized spacial score (nSPS) is 10.4. The first-order valence-corrected chi connectivity index (χ1v) is 7.25. The molecule has 20 heavy (non-hydrogen) atoms. The molecule has 4 heteroatoms. The average Bonchev–Trinajstić information content (AvgIpc) is 2.40. The summed E-state index contributed by atoms with van der Waals surface area (Å²) < 4.78 is 0. The van der Waals surface area contributed by atoms with Crippen molar-refractivity contribution in [2.45, 2.75) is 46.5 Å². The van der Waals surface area contributed by atoms with Crippen molar-refractivity contribution >= 4 is 23.2 Å². The molecule has 0 aromatic heterocycles. The van der Waals surface area contributed by atoms with Gasteiger partial charge in [-0.15, -0.1) is 0 Å². The lowest BCUT2D eigenvalue weighted by Crippen LogP contribution is -2.22. The molecule has 0 atom stereocenters. The van der Waals surface area contributed by atoms with Crippen LogP contribution in [-0.4, -0.2) is 11.8 Å². The lowest BCUT2D eigenvalue weighted by atomic mass is 9.97. The van der Waals surface area contributed by atoms with Gasteiger partial charge in [0, 0.05) is 24.2 Å². The van der Waals surface area contributed by atoms with Crippen LogP contribution in [0.3, 0.4) is 0 Å². The zero-order valence-corrected chi connectivity index (χ0v) is 12.5. The fourth-order valence-corrected chi connectivity index (χ4v) is 2.19. The number of hydrogen-bond acceptors (Lipinski definition) is 2. The molecule has 0 aliphatic carbocycles. The maximum absolute atomic E-state index is 12.2. The van der Waals surface area contributed by atoms with Crippen LogP contribution in [0, 0.1) is 5.92 Å². The average molecular weight is 276 g/mol. The predicted molar refractivity (Wildman–Crippen MR) is 82.7 cm³/mol. The maximum atomic E-state index is 12.2. The van der Waals surface area contributed by atoms with E-state index in [2.05, 4.69) is 24.5 Å². The Morgan fingerprint density at radius 3 is 1.80 bits per heavy atom. The van der Waals surface area contributed by atoms with E-state index in [-0.39, 0.29) is 17.7 Å². The minimum Gasteiger partial charge on any atom is -0.326 e. The van der Waals surface area contributed by atoms with E-state index >= 15 is 0 Å². The Labute approximate surface area is 121 Å². The summed E-state index contributed by atoms with van der Waals surface area (Å²) in [7, 11) is 0. The second kappa shape index (κ2) is 8.35. The van der Waals surface area contributed by atoms with Crippen molar-refractivity contribution in [3.05, 3.63) is 24.3 Å². The number of anilines is 2. The predicted octanol–water partition coefficient (Wildman–Crippen LogP) is 3.80. The third-order valence-corrected chi connectivity index (χ3v) is 3.12. The summed E-state index contributed by atoms with van der Waals surface area (Å²) >= 11 is 0. The first-order valence-electron chi connectivity index (χ1n) is 7.25. The fourth-order valence-electron chi connectivity index (χ4n) is 2.19. The highest BCUT2D eigenvalue weighted by Gasteiger charge is 2.16. The quantitative estimate of drug-likeness (QED) is 0.795. The SMILES string of the molecule is CCCC(CCC)C(=O)Nc1ccc(NC(C)=O)cc1. The zero-order valence-electron chi connectivity index (χ0n) is 12.5. The van der Waals surface area contributed by atoms with Crippen molar-refractivity contribution < 1.29 is 9.59 Å². The topological polar surface area (TPSA) is 58.2 Å². The van der Waals surface area contributed by atoms with Crippen molar-refractivity contribution in [1.29, 1.82) is 0 Å². The standard InChI is InChI=1S/C16H24N2O2/c1-4-6-13(7-5-2)16(20)18-15-10-8-14(9-11-15)17-12(3)19/h8-11,13H,4-7H2,1-3H3,(H,17,19)(H,18,20). The molecule has 4 nitrogen and oxygen atoms in total. The largest absolute Gasteiger partial charge is 0.326 e. The van der Waals surface area contributed by atoms with Crippen LogP contribution >= 0.6 is 0 Å². The number of carbonyl (C=O) groups is 2. The van der Waals surface area contributed by atoms with E-state index < -0.39 is 0 Å². The monoisotopic (exact) mass is 276 g/mol. The van der Waals surface area contributed by atoms with Gasteiger partial charge in [-0.1, -0.05) is 26.7 Å². The number of rotatable bonds is 7. The van der Waals surface area contributed by atoms with E-state index in [0.717, 1.165) is 37.1 Å². The lowest BCUT2D eigenvalue weighted by molar-refractivity contribution is -0.120. The number of carbonyl (C=O) groups excluding carboxylic acids is 2. The van der Waals surface area contributed by atoms with Gasteiger partial charge in [0.1, 0.15) is 0 Å². The van der Waals surface area contributed by atoms with Crippen LogP contribution in [0.5, 0.6) is 0 Å². The molecule has 0 aliphatic rings. The molecular formula is C16H24N2O2. The van der Waals surface area contributed by atoms with Gasteiger partial charge in [-0.2, -0.15) is 0 Å². The molecule has 0 unspecified atom stereocenters. The molecule has 1 aromatic rings. The summed E-state index contributed by atoms with van der Waals surface area (Å²) in [6.07, 6.45) is 3.87. The maximum Gasteiger partial charge on any atom is 0.227 e. The van der Waals surface area contributed by atoms with Gasteiger partial charge in [-0.05, 0) is 37.1 Å². The minimum atomic E-state index is -0.104. The highest BCUT2D eigenvalue weighted by molar-refractivity contribution is 5.93. The molecule has 1 rings (SSSR count). The summed E-state index contributed by atoms with van der Waals surface area (Å²) in [5.41, 5.74) is 1.50. The van der Waals surface area contributed by atoms with Crippen molar-refractivity contribution in [3.8, 4) is 0 Å². The highest BCUT2D eigenvalue weighted by Crippen LogP contribution is 2.18. The molecule has 2 amide bonds. The van der Waals surface area contributed by atoms with Crippen LogP contribution in [0.4, 0.5) is 11.4 Å². The van der Waals surface area contributed by atoms with Gasteiger partial charge in [-0.3, -0.25) is 9.59 Å². The van der Waals surface area contributed by atoms with Crippen LogP contribution in [0.1, 0.15) is 46.5 Å². The third-order valence-electron chi connectivity index (χ3n) is 3.12. The molecular weight excluding hydrogens is 252 g/mol. The van der Waals surface area contributed by atoms with Crippen LogP contribution in [0.15, 0.2) is 24.3 Å². The van der Waals surface area contributed by atoms with Gasteiger partial charge in [0.25, 0.3) is 0 Å². The molecule has 0 fully saturated rings. The van der Waals surface area contributed by atoms with Gasteiger partial charge < -0.3 is 10.6 Å². The molecule has 110 valence electrons. The molecule has 2 N–H and O–H groups in total. The van der Waals surface area contributed by atoms with E-state index in [1.165, 1.54) is 6.92 Å². The molecule has 0 aliphatic heterocycles. The first kappa shape index (κ1) is 16.2. The van der Waals surface area contributed by atoms with Gasteiger partial charge in [-0.25, -0.2) is 0 Å². The van der Waals surface area contributed by atoms with E-state index in [0.29, 0.717) is 0 Å². The third kappa shape index (κ3) is 5.43. The Morgan fingerprint density at radius 2 is 1.40 bits per heavy atom. The summed E-state index contributed by atoms with van der Waals surface area (Å²) in [5, 5.41) is 5.64. The molecule has 0 spiro atoms. The summed E-state index contributed by atoms with van der Waals surface area (Å²) in [5.74, 6) is 0.0636. The molecule has 0 saturated carbocycles. The molecule has 0 radical (unpaired) electrons. The Morgan fingerprint density at radius 1 is 0.950 bits per heavy atom. The van der Waals surface area contributed by atoms with Crippen LogP contribution < -0.4 is 10.6 Å². The Bertz CT molecular complexity index is 434. The summed E-state index contributed by atoms with van der Waals surface area (Å²) in [6, 6.07) is 7.17. The highest BCUT2D eigenvalue weighted by atomic mass is 16.2. The number of nitrogens with one attached hydrogen (secondary N) is 2. The van der Waals surface area contributed by atoms with E-state index in [1.807, 2.05) is 0 Å². The van der Waals surface area contributed by atoms with Gasteiger partial charge in [0.2, 0.25) is 11.8 Å². The van der Waals surface area contributed by atoms with Crippen molar-refractivity contribution in [2.75, 3.05) is 10.6 Å². The van der Waals surface area contributed by atoms with Crippen LogP contribution in [0.2, 0.25) is 0 Å². The second-order valence-corrected chi connectivity index (χ2v) is 5.02. The van der Waals surface area contributed by atoms with Gasteiger partial charge in [0.05, 0.1) is 0 Å². The smallest absolute Gasteiger partial charge is 0.227 e. The van der Waals surface area contributed by atoms with Crippen LogP contribution in [0.25, 0.3) is 0 Å². The zero-order chi connectivity index (χ0) is 15.0. The minimum absolute atomic E-state index is 0.0834.